The second-order valence-corrected chi connectivity index (χ2v) is 2.94. The van der Waals surface area contributed by atoms with E-state index in [4.69, 9.17) is 10.5 Å². The third kappa shape index (κ3) is 2.18. The molecule has 2 N–H and O–H groups in total. The number of hydrogen-bond acceptors (Lipinski definition) is 6. The van der Waals surface area contributed by atoms with Gasteiger partial charge in [-0.15, -0.1) is 0 Å². The van der Waals surface area contributed by atoms with E-state index >= 15 is 0 Å². The van der Waals surface area contributed by atoms with Crippen molar-refractivity contribution in [2.45, 2.75) is 13.3 Å². The molecular weight excluding hydrogens is 216 g/mol. The number of hydrogen-bond donors (Lipinski definition) is 2. The molecule has 1 aromatic rings. The zero-order valence-corrected chi connectivity index (χ0v) is 8.47. The first-order valence-corrected chi connectivity index (χ1v) is 4.49. The van der Waals surface area contributed by atoms with E-state index in [-0.39, 0.29) is 11.1 Å². The minimum Gasteiger partial charge on any atom is -0.295 e. The quantitative estimate of drug-likeness (QED) is 0.599. The molecule has 0 aliphatic carbocycles. The fraction of sp³-hybridized carbons (Fsp3) is 0.200. The lowest BCUT2D eigenvalue weighted by molar-refractivity contribution is -0.183. The highest BCUT2D eigenvalue weighted by Gasteiger charge is 2.19. The molecule has 6 heteroatoms. The van der Waals surface area contributed by atoms with Crippen molar-refractivity contribution in [3.05, 3.63) is 34.9 Å². The van der Waals surface area contributed by atoms with E-state index in [0.717, 1.165) is 0 Å². The molecule has 0 saturated heterocycles. The molecule has 1 rings (SSSR count). The van der Waals surface area contributed by atoms with Crippen molar-refractivity contribution >= 4 is 11.9 Å². The van der Waals surface area contributed by atoms with E-state index < -0.39 is 11.9 Å². The Balaban J connectivity index is 3.31. The smallest absolute Gasteiger partial charge is 0.295 e. The molecule has 6 nitrogen and oxygen atoms in total. The minimum atomic E-state index is -0.968. The van der Waals surface area contributed by atoms with Crippen molar-refractivity contribution in [1.82, 2.24) is 0 Å². The number of carbonyl (C=O) groups excluding carboxylic acids is 2. The molecular formula is C10H10O6. The van der Waals surface area contributed by atoms with Crippen LogP contribution >= 0.6 is 0 Å². The minimum absolute atomic E-state index is 0.0490. The average molecular weight is 226 g/mol. The zero-order valence-electron chi connectivity index (χ0n) is 8.47. The normalized spacial score (nSPS) is 9.69. The molecule has 0 amide bonds. The molecule has 86 valence electrons. The summed E-state index contributed by atoms with van der Waals surface area (Å²) in [7, 11) is 0. The molecule has 0 aliphatic rings. The van der Waals surface area contributed by atoms with Crippen LogP contribution in [0.15, 0.2) is 18.2 Å². The molecule has 0 bridgehead atoms. The molecule has 0 spiro atoms. The van der Waals surface area contributed by atoms with Crippen LogP contribution in [0.4, 0.5) is 0 Å². The first kappa shape index (κ1) is 12.2. The second-order valence-electron chi connectivity index (χ2n) is 2.94. The third-order valence-electron chi connectivity index (χ3n) is 2.14. The Morgan fingerprint density at radius 3 is 1.88 bits per heavy atom. The average Bonchev–Trinajstić information content (AvgIpc) is 2.35. The van der Waals surface area contributed by atoms with Gasteiger partial charge in [0.2, 0.25) is 0 Å². The molecule has 0 heterocycles. The lowest BCUT2D eigenvalue weighted by Gasteiger charge is -2.08. The third-order valence-corrected chi connectivity index (χ3v) is 2.14. The van der Waals surface area contributed by atoms with Crippen molar-refractivity contribution in [3.8, 4) is 0 Å². The summed E-state index contributed by atoms with van der Waals surface area (Å²) in [5.41, 5.74) is 0.432. The maximum Gasteiger partial charge on any atom is 0.373 e. The number of carbonyl (C=O) groups is 2. The Hall–Kier alpha value is -1.92. The molecule has 0 aromatic heterocycles. The summed E-state index contributed by atoms with van der Waals surface area (Å²) >= 11 is 0. The van der Waals surface area contributed by atoms with Crippen molar-refractivity contribution in [2.24, 2.45) is 0 Å². The van der Waals surface area contributed by atoms with Crippen LogP contribution in [0.5, 0.6) is 0 Å². The highest BCUT2D eigenvalue weighted by Crippen LogP contribution is 2.17. The Labute approximate surface area is 90.9 Å². The van der Waals surface area contributed by atoms with Crippen LogP contribution in [0.25, 0.3) is 0 Å². The van der Waals surface area contributed by atoms with Gasteiger partial charge in [0.15, 0.2) is 0 Å². The van der Waals surface area contributed by atoms with Gasteiger partial charge in [-0.2, -0.15) is 10.5 Å². The number of benzene rings is 1. The van der Waals surface area contributed by atoms with E-state index in [0.29, 0.717) is 12.0 Å². The predicted molar refractivity (Wildman–Crippen MR) is 51.9 cm³/mol. The summed E-state index contributed by atoms with van der Waals surface area (Å²) in [6, 6.07) is 4.20. The first-order valence-electron chi connectivity index (χ1n) is 4.49. The molecule has 0 aliphatic heterocycles. The molecule has 0 radical (unpaired) electrons. The zero-order chi connectivity index (χ0) is 12.1. The lowest BCUT2D eigenvalue weighted by atomic mass is 9.99. The van der Waals surface area contributed by atoms with E-state index in [9.17, 15) is 9.59 Å². The van der Waals surface area contributed by atoms with E-state index in [1.807, 2.05) is 0 Å². The van der Waals surface area contributed by atoms with Gasteiger partial charge in [-0.3, -0.25) is 9.78 Å². The van der Waals surface area contributed by atoms with E-state index in [2.05, 4.69) is 9.78 Å². The van der Waals surface area contributed by atoms with Gasteiger partial charge in [-0.05, 0) is 24.1 Å². The fourth-order valence-electron chi connectivity index (χ4n) is 1.45. The summed E-state index contributed by atoms with van der Waals surface area (Å²) in [5.74, 6) is -1.94. The summed E-state index contributed by atoms with van der Waals surface area (Å²) in [6.07, 6.45) is 0.343. The van der Waals surface area contributed by atoms with Crippen LogP contribution in [0.3, 0.4) is 0 Å². The largest absolute Gasteiger partial charge is 0.373 e. The summed E-state index contributed by atoms with van der Waals surface area (Å²) in [4.78, 5) is 29.5. The van der Waals surface area contributed by atoms with Gasteiger partial charge in [-0.1, -0.05) is 13.0 Å². The Bertz CT molecular complexity index is 378. The molecule has 0 unspecified atom stereocenters. The van der Waals surface area contributed by atoms with Crippen molar-refractivity contribution in [1.29, 1.82) is 0 Å². The van der Waals surface area contributed by atoms with Crippen LogP contribution in [-0.4, -0.2) is 22.5 Å². The van der Waals surface area contributed by atoms with E-state index in [1.54, 1.807) is 6.92 Å². The molecule has 16 heavy (non-hydrogen) atoms. The Kier molecular flexibility index (Phi) is 3.98. The summed E-state index contributed by atoms with van der Waals surface area (Å²) < 4.78 is 0. The van der Waals surface area contributed by atoms with E-state index in [1.165, 1.54) is 18.2 Å². The van der Waals surface area contributed by atoms with Crippen LogP contribution < -0.4 is 0 Å². The van der Waals surface area contributed by atoms with Gasteiger partial charge in [0, 0.05) is 0 Å². The molecule has 1 aromatic carbocycles. The molecule has 0 saturated carbocycles. The predicted octanol–water partition coefficient (Wildman–Crippen LogP) is 1.51. The summed E-state index contributed by atoms with van der Waals surface area (Å²) in [5, 5.41) is 16.6. The van der Waals surface area contributed by atoms with Gasteiger partial charge in [0.05, 0.1) is 11.1 Å². The van der Waals surface area contributed by atoms with Gasteiger partial charge in [-0.25, -0.2) is 9.59 Å². The maximum atomic E-state index is 11.2. The Morgan fingerprint density at radius 1 is 1.12 bits per heavy atom. The van der Waals surface area contributed by atoms with Crippen LogP contribution in [0.2, 0.25) is 0 Å². The van der Waals surface area contributed by atoms with Crippen LogP contribution in [0.1, 0.15) is 33.2 Å². The van der Waals surface area contributed by atoms with Gasteiger partial charge in [0.1, 0.15) is 0 Å². The van der Waals surface area contributed by atoms with Crippen LogP contribution in [0, 0.1) is 0 Å². The van der Waals surface area contributed by atoms with Gasteiger partial charge >= 0.3 is 11.9 Å². The fourth-order valence-corrected chi connectivity index (χ4v) is 1.45. The van der Waals surface area contributed by atoms with Crippen molar-refractivity contribution in [2.75, 3.05) is 0 Å². The van der Waals surface area contributed by atoms with Crippen molar-refractivity contribution in [3.63, 3.8) is 0 Å². The SMILES string of the molecule is CCc1c(C(=O)OO)cccc1C(=O)OO. The first-order chi connectivity index (χ1) is 7.65. The van der Waals surface area contributed by atoms with Gasteiger partial charge in [0.25, 0.3) is 0 Å². The number of rotatable bonds is 3. The highest BCUT2D eigenvalue weighted by molar-refractivity contribution is 5.97. The highest BCUT2D eigenvalue weighted by atomic mass is 17.1. The maximum absolute atomic E-state index is 11.2. The Morgan fingerprint density at radius 2 is 1.56 bits per heavy atom. The standard InChI is InChI=1S/C10H10O6/c1-2-6-7(9(11)15-13)4-3-5-8(6)10(12)16-14/h3-5,13-14H,2H2,1H3. The topological polar surface area (TPSA) is 93.1 Å². The monoisotopic (exact) mass is 226 g/mol. The van der Waals surface area contributed by atoms with Gasteiger partial charge < -0.3 is 0 Å². The molecule has 0 fully saturated rings. The van der Waals surface area contributed by atoms with Crippen LogP contribution in [-0.2, 0) is 16.2 Å². The second kappa shape index (κ2) is 5.24. The lowest BCUT2D eigenvalue weighted by Crippen LogP contribution is -2.12. The molecule has 0 atom stereocenters. The summed E-state index contributed by atoms with van der Waals surface area (Å²) in [6.45, 7) is 1.71. The van der Waals surface area contributed by atoms with Crippen molar-refractivity contribution < 1.29 is 29.9 Å².